The molecule has 1 N–H and O–H groups in total. The number of allylic oxidation sites excluding steroid dienone is 2. The third-order valence-electron chi connectivity index (χ3n) is 2.31. The van der Waals surface area contributed by atoms with Crippen molar-refractivity contribution < 1.29 is 30.0 Å². The summed E-state index contributed by atoms with van der Waals surface area (Å²) < 4.78 is 0. The van der Waals surface area contributed by atoms with E-state index >= 15 is 0 Å². The summed E-state index contributed by atoms with van der Waals surface area (Å²) in [7, 11) is 0. The van der Waals surface area contributed by atoms with Crippen LogP contribution in [0.15, 0.2) is 54.4 Å². The van der Waals surface area contributed by atoms with Crippen LogP contribution in [-0.4, -0.2) is 15.9 Å². The van der Waals surface area contributed by atoms with Crippen LogP contribution in [0, 0.1) is 13.0 Å². The molecule has 2 rings (SSSR count). The third kappa shape index (κ3) is 8.18. The summed E-state index contributed by atoms with van der Waals surface area (Å²) in [5.41, 5.74) is 3.20. The van der Waals surface area contributed by atoms with Gasteiger partial charge in [-0.3, -0.25) is 4.79 Å². The van der Waals surface area contributed by atoms with Gasteiger partial charge in [0.15, 0.2) is 5.78 Å². The average molecular weight is 461 g/mol. The molecule has 4 heteroatoms. The maximum absolute atomic E-state index is 10.0. The predicted octanol–water partition coefficient (Wildman–Crippen LogP) is 3.89. The molecule has 0 aliphatic heterocycles. The smallest absolute Gasteiger partial charge is 0.155 e. The largest absolute Gasteiger partial charge is 0.512 e. The zero-order valence-electron chi connectivity index (χ0n) is 12.3. The minimum Gasteiger partial charge on any atom is -0.512 e. The summed E-state index contributed by atoms with van der Waals surface area (Å²) in [4.78, 5) is 14.3. The van der Waals surface area contributed by atoms with E-state index in [4.69, 9.17) is 5.11 Å². The molecule has 0 aliphatic rings. The molecule has 0 unspecified atom stereocenters. The Morgan fingerprint density at radius 1 is 1.24 bits per heavy atom. The fourth-order valence-electron chi connectivity index (χ4n) is 1.47. The fraction of sp³-hybridized carbons (Fsp3) is 0.176. The first-order valence-corrected chi connectivity index (χ1v) is 6.26. The molecular weight excluding hydrogens is 442 g/mol. The zero-order valence-corrected chi connectivity index (χ0v) is 14.6. The first kappa shape index (κ1) is 19.2. The molecule has 0 fully saturated rings. The zero-order chi connectivity index (χ0) is 15.0. The second-order valence-corrected chi connectivity index (χ2v) is 4.39. The third-order valence-corrected chi connectivity index (χ3v) is 2.31. The second-order valence-electron chi connectivity index (χ2n) is 4.39. The number of aliphatic hydroxyl groups excluding tert-OH is 1. The Bertz CT molecular complexity index is 573. The van der Waals surface area contributed by atoms with E-state index in [1.807, 2.05) is 43.5 Å². The number of benzene rings is 1. The van der Waals surface area contributed by atoms with Gasteiger partial charge in [-0.1, -0.05) is 12.1 Å². The molecule has 3 nitrogen and oxygen atoms in total. The molecule has 0 atom stereocenters. The minimum absolute atomic E-state index is 0. The Morgan fingerprint density at radius 3 is 2.33 bits per heavy atom. The van der Waals surface area contributed by atoms with Gasteiger partial charge in [0.1, 0.15) is 0 Å². The SMILES string of the molecule is CC(=O)/C=C(/C)O.Cc1ccc(-c2[c-]cccc2)nc1.[Ir]. The van der Waals surface area contributed by atoms with E-state index in [0.717, 1.165) is 11.3 Å². The number of hydrogen-bond donors (Lipinski definition) is 1. The maximum Gasteiger partial charge on any atom is 0.155 e. The monoisotopic (exact) mass is 461 g/mol. The van der Waals surface area contributed by atoms with Crippen LogP contribution in [0.25, 0.3) is 11.3 Å². The molecule has 0 saturated carbocycles. The summed E-state index contributed by atoms with van der Waals surface area (Å²) in [6.45, 7) is 4.88. The van der Waals surface area contributed by atoms with Gasteiger partial charge >= 0.3 is 0 Å². The van der Waals surface area contributed by atoms with Gasteiger partial charge in [-0.25, -0.2) is 0 Å². The Hall–Kier alpha value is -1.77. The Labute approximate surface area is 139 Å². The predicted molar refractivity (Wildman–Crippen MR) is 80.3 cm³/mol. The van der Waals surface area contributed by atoms with Crippen molar-refractivity contribution in [2.45, 2.75) is 20.8 Å². The van der Waals surface area contributed by atoms with Crippen LogP contribution in [0.5, 0.6) is 0 Å². The number of aryl methyl sites for hydroxylation is 1. The van der Waals surface area contributed by atoms with Crippen LogP contribution in [0.2, 0.25) is 0 Å². The number of carbonyl (C=O) groups excluding carboxylic acids is 1. The Kier molecular flexibility index (Phi) is 9.18. The maximum atomic E-state index is 10.0. The number of aromatic nitrogens is 1. The van der Waals surface area contributed by atoms with Crippen molar-refractivity contribution in [2.75, 3.05) is 0 Å². The molecule has 1 aromatic carbocycles. The van der Waals surface area contributed by atoms with Crippen molar-refractivity contribution in [3.05, 3.63) is 66.1 Å². The number of pyridine rings is 1. The number of ketones is 1. The summed E-state index contributed by atoms with van der Waals surface area (Å²) in [6.07, 6.45) is 3.04. The van der Waals surface area contributed by atoms with Crippen LogP contribution in [0.3, 0.4) is 0 Å². The first-order chi connectivity index (χ1) is 9.49. The van der Waals surface area contributed by atoms with Gasteiger partial charge in [-0.15, -0.1) is 35.9 Å². The van der Waals surface area contributed by atoms with E-state index in [0.29, 0.717) is 0 Å². The molecule has 113 valence electrons. The number of aliphatic hydroxyl groups is 1. The second kappa shape index (κ2) is 10.0. The van der Waals surface area contributed by atoms with Crippen LogP contribution >= 0.6 is 0 Å². The molecule has 0 amide bonds. The topological polar surface area (TPSA) is 50.2 Å². The Morgan fingerprint density at radius 2 is 1.95 bits per heavy atom. The van der Waals surface area contributed by atoms with E-state index in [2.05, 4.69) is 17.1 Å². The molecule has 1 aromatic heterocycles. The van der Waals surface area contributed by atoms with Crippen molar-refractivity contribution in [3.63, 3.8) is 0 Å². The van der Waals surface area contributed by atoms with Gasteiger partial charge in [0.25, 0.3) is 0 Å². The van der Waals surface area contributed by atoms with E-state index in [9.17, 15) is 4.79 Å². The van der Waals surface area contributed by atoms with Gasteiger partial charge < -0.3 is 10.1 Å². The average Bonchev–Trinajstić information content (AvgIpc) is 2.40. The molecule has 0 bridgehead atoms. The first-order valence-electron chi connectivity index (χ1n) is 6.26. The molecule has 0 aliphatic carbocycles. The van der Waals surface area contributed by atoms with Gasteiger partial charge in [0.2, 0.25) is 0 Å². The van der Waals surface area contributed by atoms with Crippen molar-refractivity contribution >= 4 is 5.78 Å². The van der Waals surface area contributed by atoms with E-state index in [-0.39, 0.29) is 31.6 Å². The van der Waals surface area contributed by atoms with Crippen LogP contribution in [0.1, 0.15) is 19.4 Å². The molecule has 1 radical (unpaired) electrons. The fourth-order valence-corrected chi connectivity index (χ4v) is 1.47. The van der Waals surface area contributed by atoms with Gasteiger partial charge in [-0.05, 0) is 32.0 Å². The summed E-state index contributed by atoms with van der Waals surface area (Å²) >= 11 is 0. The van der Waals surface area contributed by atoms with Crippen LogP contribution < -0.4 is 0 Å². The quantitative estimate of drug-likeness (QED) is 0.420. The van der Waals surface area contributed by atoms with Crippen molar-refractivity contribution in [3.8, 4) is 11.3 Å². The van der Waals surface area contributed by atoms with Crippen molar-refractivity contribution in [1.82, 2.24) is 4.98 Å². The normalized spacial score (nSPS) is 9.95. The van der Waals surface area contributed by atoms with Gasteiger partial charge in [-0.2, -0.15) is 0 Å². The van der Waals surface area contributed by atoms with Crippen molar-refractivity contribution in [1.29, 1.82) is 0 Å². The number of hydrogen-bond acceptors (Lipinski definition) is 3. The molecule has 0 spiro atoms. The van der Waals surface area contributed by atoms with Gasteiger partial charge in [0.05, 0.1) is 5.76 Å². The molecule has 2 aromatic rings. The molecular formula is C17H18IrNO2-. The van der Waals surface area contributed by atoms with Crippen molar-refractivity contribution in [2.24, 2.45) is 0 Å². The molecule has 1 heterocycles. The molecule has 0 saturated heterocycles. The van der Waals surface area contributed by atoms with E-state index < -0.39 is 0 Å². The summed E-state index contributed by atoms with van der Waals surface area (Å²) in [5, 5.41) is 8.36. The van der Waals surface area contributed by atoms with Crippen LogP contribution in [-0.2, 0) is 24.9 Å². The number of nitrogens with zero attached hydrogens (tertiary/aromatic N) is 1. The van der Waals surface area contributed by atoms with Gasteiger partial charge in [0, 0.05) is 32.4 Å². The Balaban J connectivity index is 0.000000436. The summed E-state index contributed by atoms with van der Waals surface area (Å²) in [6, 6.07) is 15.1. The summed E-state index contributed by atoms with van der Waals surface area (Å²) in [5.74, 6) is -0.0625. The number of carbonyl (C=O) groups is 1. The standard InChI is InChI=1S/C12H10N.C5H8O2.Ir/c1-10-7-8-12(13-9-10)11-5-3-2-4-6-11;1-4(6)3-5(2)7;/h2-5,7-9H,1H3;3,6H,1-2H3;/q-1;;/b;4-3-;. The van der Waals surface area contributed by atoms with E-state index in [1.54, 1.807) is 0 Å². The van der Waals surface area contributed by atoms with E-state index in [1.165, 1.54) is 25.5 Å². The van der Waals surface area contributed by atoms with Crippen LogP contribution in [0.4, 0.5) is 0 Å². The molecule has 21 heavy (non-hydrogen) atoms. The number of rotatable bonds is 2. The minimum atomic E-state index is -0.125.